The second-order valence-electron chi connectivity index (χ2n) is 6.13. The van der Waals surface area contributed by atoms with E-state index in [4.69, 9.17) is 25.8 Å². The van der Waals surface area contributed by atoms with E-state index in [2.05, 4.69) is 15.8 Å². The molecule has 2 N–H and O–H groups in total. The Morgan fingerprint density at radius 2 is 1.83 bits per heavy atom. The Bertz CT molecular complexity index is 871. The molecule has 2 rings (SSSR count). The van der Waals surface area contributed by atoms with Gasteiger partial charge < -0.3 is 19.5 Å². The van der Waals surface area contributed by atoms with Gasteiger partial charge in [-0.2, -0.15) is 5.10 Å². The van der Waals surface area contributed by atoms with Crippen LogP contribution in [-0.4, -0.2) is 45.4 Å². The maximum absolute atomic E-state index is 11.7. The Morgan fingerprint density at radius 1 is 1.07 bits per heavy atom. The predicted octanol–water partition coefficient (Wildman–Crippen LogP) is 2.53. The molecule has 0 aliphatic carbocycles. The molecule has 0 aromatic heterocycles. The first-order chi connectivity index (χ1) is 14.5. The van der Waals surface area contributed by atoms with Crippen LogP contribution in [0.3, 0.4) is 0 Å². The molecule has 0 saturated carbocycles. The summed E-state index contributed by atoms with van der Waals surface area (Å²) in [5.74, 6) is -0.537. The molecule has 2 aromatic carbocycles. The Balaban J connectivity index is 1.88. The van der Waals surface area contributed by atoms with Crippen molar-refractivity contribution in [2.45, 2.75) is 13.0 Å². The number of ether oxygens (including phenoxy) is 3. The molecule has 2 aromatic rings. The minimum Gasteiger partial charge on any atom is -0.493 e. The van der Waals surface area contributed by atoms with Gasteiger partial charge in [-0.1, -0.05) is 23.7 Å². The molecule has 0 saturated heterocycles. The summed E-state index contributed by atoms with van der Waals surface area (Å²) in [5, 5.41) is 6.93. The zero-order valence-corrected chi connectivity index (χ0v) is 17.6. The van der Waals surface area contributed by atoms with Crippen LogP contribution in [0.1, 0.15) is 17.5 Å². The van der Waals surface area contributed by atoms with Gasteiger partial charge in [0.05, 0.1) is 13.3 Å². The second-order valence-corrected chi connectivity index (χ2v) is 6.56. The highest BCUT2D eigenvalue weighted by Crippen LogP contribution is 2.28. The van der Waals surface area contributed by atoms with Crippen LogP contribution in [0.25, 0.3) is 0 Å². The number of hydrazone groups is 1. The van der Waals surface area contributed by atoms with E-state index < -0.39 is 11.8 Å². The van der Waals surface area contributed by atoms with Crippen LogP contribution in [0.2, 0.25) is 5.02 Å². The van der Waals surface area contributed by atoms with Crippen LogP contribution in [0.15, 0.2) is 47.6 Å². The first-order valence-corrected chi connectivity index (χ1v) is 9.56. The number of benzene rings is 2. The lowest BCUT2D eigenvalue weighted by atomic mass is 10.2. The van der Waals surface area contributed by atoms with E-state index in [0.29, 0.717) is 48.3 Å². The van der Waals surface area contributed by atoms with Crippen molar-refractivity contribution < 1.29 is 23.8 Å². The monoisotopic (exact) mass is 433 g/mol. The molecule has 8 nitrogen and oxygen atoms in total. The van der Waals surface area contributed by atoms with Crippen molar-refractivity contribution in [3.8, 4) is 11.5 Å². The fourth-order valence-corrected chi connectivity index (χ4v) is 2.47. The highest BCUT2D eigenvalue weighted by Gasteiger charge is 2.11. The van der Waals surface area contributed by atoms with Gasteiger partial charge in [0.2, 0.25) is 0 Å². The standard InChI is InChI=1S/C21H24ClN3O5/c1-28-11-3-10-23-20(26)21(27)25-24-13-16-6-9-18(19(12-16)29-2)30-14-15-4-7-17(22)8-5-15/h4-9,12-13H,3,10-11,14H2,1-2H3,(H,23,26)(H,25,27)/b24-13-. The Morgan fingerprint density at radius 3 is 2.53 bits per heavy atom. The molecule has 0 aliphatic heterocycles. The first-order valence-electron chi connectivity index (χ1n) is 9.19. The molecule has 0 atom stereocenters. The number of nitrogens with zero attached hydrogens (tertiary/aromatic N) is 1. The van der Waals surface area contributed by atoms with Crippen LogP contribution in [0.5, 0.6) is 11.5 Å². The maximum atomic E-state index is 11.7. The fraction of sp³-hybridized carbons (Fsp3) is 0.286. The van der Waals surface area contributed by atoms with Crippen molar-refractivity contribution in [2.75, 3.05) is 27.4 Å². The summed E-state index contributed by atoms with van der Waals surface area (Å²) in [5.41, 5.74) is 3.81. The third-order valence-corrected chi connectivity index (χ3v) is 4.14. The van der Waals surface area contributed by atoms with Gasteiger partial charge in [-0.15, -0.1) is 0 Å². The lowest BCUT2D eigenvalue weighted by Gasteiger charge is -2.11. The lowest BCUT2D eigenvalue weighted by molar-refractivity contribution is -0.139. The second kappa shape index (κ2) is 12.5. The number of carbonyl (C=O) groups is 2. The van der Waals surface area contributed by atoms with Crippen LogP contribution < -0.4 is 20.2 Å². The summed E-state index contributed by atoms with van der Waals surface area (Å²) in [6.07, 6.45) is 2.02. The van der Waals surface area contributed by atoms with E-state index in [0.717, 1.165) is 5.56 Å². The first kappa shape index (κ1) is 23.2. The SMILES string of the molecule is COCCCNC(=O)C(=O)N/N=C\c1ccc(OCc2ccc(Cl)cc2)c(OC)c1. The molecule has 0 aliphatic rings. The number of halogens is 1. The topological polar surface area (TPSA) is 98.2 Å². The molecule has 160 valence electrons. The summed E-state index contributed by atoms with van der Waals surface area (Å²) in [6, 6.07) is 12.5. The van der Waals surface area contributed by atoms with Gasteiger partial charge in [-0.05, 0) is 47.9 Å². The average molecular weight is 434 g/mol. The van der Waals surface area contributed by atoms with E-state index in [9.17, 15) is 9.59 Å². The summed E-state index contributed by atoms with van der Waals surface area (Å²) in [7, 11) is 3.09. The minimum absolute atomic E-state index is 0.346. The molecule has 0 fully saturated rings. The van der Waals surface area contributed by atoms with E-state index in [1.54, 1.807) is 37.4 Å². The highest BCUT2D eigenvalue weighted by molar-refractivity contribution is 6.35. The fourth-order valence-electron chi connectivity index (χ4n) is 2.34. The Labute approximate surface area is 180 Å². The maximum Gasteiger partial charge on any atom is 0.329 e. The molecule has 30 heavy (non-hydrogen) atoms. The molecule has 2 amide bonds. The van der Waals surface area contributed by atoms with Crippen molar-refractivity contribution in [2.24, 2.45) is 5.10 Å². The minimum atomic E-state index is -0.849. The van der Waals surface area contributed by atoms with E-state index in [-0.39, 0.29) is 0 Å². The van der Waals surface area contributed by atoms with Gasteiger partial charge in [0.15, 0.2) is 11.5 Å². The molecule has 0 heterocycles. The molecular formula is C21H24ClN3O5. The zero-order valence-electron chi connectivity index (χ0n) is 16.8. The smallest absolute Gasteiger partial charge is 0.329 e. The van der Waals surface area contributed by atoms with Gasteiger partial charge >= 0.3 is 11.8 Å². The number of hydrogen-bond acceptors (Lipinski definition) is 6. The van der Waals surface area contributed by atoms with Crippen molar-refractivity contribution in [1.29, 1.82) is 0 Å². The van der Waals surface area contributed by atoms with Gasteiger partial charge in [0, 0.05) is 25.3 Å². The predicted molar refractivity (Wildman–Crippen MR) is 114 cm³/mol. The zero-order chi connectivity index (χ0) is 21.8. The third-order valence-electron chi connectivity index (χ3n) is 3.89. The van der Waals surface area contributed by atoms with Crippen LogP contribution in [-0.2, 0) is 20.9 Å². The van der Waals surface area contributed by atoms with E-state index in [1.165, 1.54) is 13.3 Å². The highest BCUT2D eigenvalue weighted by atomic mass is 35.5. The summed E-state index contributed by atoms with van der Waals surface area (Å²) >= 11 is 5.88. The number of rotatable bonds is 10. The summed E-state index contributed by atoms with van der Waals surface area (Å²) < 4.78 is 16.0. The number of nitrogens with one attached hydrogen (secondary N) is 2. The largest absolute Gasteiger partial charge is 0.493 e. The quantitative estimate of drug-likeness (QED) is 0.260. The number of hydrogen-bond donors (Lipinski definition) is 2. The summed E-state index contributed by atoms with van der Waals surface area (Å²) in [4.78, 5) is 23.3. The molecule has 0 unspecified atom stereocenters. The molecule has 9 heteroatoms. The molecule has 0 radical (unpaired) electrons. The van der Waals surface area contributed by atoms with Crippen LogP contribution in [0, 0.1) is 0 Å². The van der Waals surface area contributed by atoms with Gasteiger partial charge in [0.25, 0.3) is 0 Å². The molecule has 0 spiro atoms. The van der Waals surface area contributed by atoms with Crippen molar-refractivity contribution >= 4 is 29.6 Å². The van der Waals surface area contributed by atoms with Gasteiger partial charge in [-0.3, -0.25) is 9.59 Å². The lowest BCUT2D eigenvalue weighted by Crippen LogP contribution is -2.38. The van der Waals surface area contributed by atoms with Crippen molar-refractivity contribution in [1.82, 2.24) is 10.7 Å². The Hall–Kier alpha value is -3.10. The van der Waals surface area contributed by atoms with Crippen LogP contribution >= 0.6 is 11.6 Å². The average Bonchev–Trinajstić information content (AvgIpc) is 2.76. The van der Waals surface area contributed by atoms with Crippen LogP contribution in [0.4, 0.5) is 0 Å². The number of methoxy groups -OCH3 is 2. The van der Waals surface area contributed by atoms with Gasteiger partial charge in [-0.25, -0.2) is 5.43 Å². The molecular weight excluding hydrogens is 410 g/mol. The van der Waals surface area contributed by atoms with Crippen molar-refractivity contribution in [3.05, 3.63) is 58.6 Å². The third kappa shape index (κ3) is 7.73. The van der Waals surface area contributed by atoms with Gasteiger partial charge in [0.1, 0.15) is 6.61 Å². The van der Waals surface area contributed by atoms with E-state index >= 15 is 0 Å². The summed E-state index contributed by atoms with van der Waals surface area (Å²) in [6.45, 7) is 1.20. The van der Waals surface area contributed by atoms with E-state index in [1.807, 2.05) is 12.1 Å². The van der Waals surface area contributed by atoms with Crippen molar-refractivity contribution in [3.63, 3.8) is 0 Å². The molecule has 0 bridgehead atoms. The Kier molecular flexibility index (Phi) is 9.63. The number of amides is 2. The normalized spacial score (nSPS) is 10.6. The number of carbonyl (C=O) groups excluding carboxylic acids is 2.